The summed E-state index contributed by atoms with van der Waals surface area (Å²) >= 11 is -2.49. The van der Waals surface area contributed by atoms with E-state index in [4.69, 9.17) is 0 Å². The Hall–Kier alpha value is 1.09. The zero-order valence-electron chi connectivity index (χ0n) is 9.12. The number of hydrogen-bond donors (Lipinski definition) is 0. The standard InChI is InChI=1S/C9H24Ge2/c1-7-10(4,5)11(6,8-2)9-3/h7-9H2,1-6H3. The van der Waals surface area contributed by atoms with E-state index in [1.165, 1.54) is 0 Å². The van der Waals surface area contributed by atoms with E-state index in [0.29, 0.717) is 0 Å². The van der Waals surface area contributed by atoms with Crippen LogP contribution in [0.4, 0.5) is 0 Å². The molecule has 0 nitrogen and oxygen atoms in total. The molecule has 0 heterocycles. The van der Waals surface area contributed by atoms with Crippen molar-refractivity contribution in [2.24, 2.45) is 0 Å². The summed E-state index contributed by atoms with van der Waals surface area (Å²) in [6, 6.07) is 0. The second-order valence-electron chi connectivity index (χ2n) is 4.51. The predicted molar refractivity (Wildman–Crippen MR) is 60.5 cm³/mol. The quantitative estimate of drug-likeness (QED) is 0.684. The molecule has 0 aliphatic rings. The van der Waals surface area contributed by atoms with Crippen molar-refractivity contribution < 1.29 is 0 Å². The third-order valence-corrected chi connectivity index (χ3v) is 68.4. The van der Waals surface area contributed by atoms with Crippen LogP contribution in [0.1, 0.15) is 20.8 Å². The summed E-state index contributed by atoms with van der Waals surface area (Å²) in [4.78, 5) is 0. The summed E-state index contributed by atoms with van der Waals surface area (Å²) in [5.41, 5.74) is 0. The van der Waals surface area contributed by atoms with Gasteiger partial charge in [0.05, 0.1) is 0 Å². The molecule has 0 aliphatic carbocycles. The van der Waals surface area contributed by atoms with E-state index in [1.54, 1.807) is 15.8 Å². The number of rotatable bonds is 4. The average Bonchev–Trinajstić information content (AvgIpc) is 2.02. The molecule has 0 rings (SSSR count). The second-order valence-corrected chi connectivity index (χ2v) is 51.3. The molecule has 0 saturated heterocycles. The molecule has 0 saturated carbocycles. The molecule has 0 spiro atoms. The molecule has 11 heavy (non-hydrogen) atoms. The molecule has 0 bridgehead atoms. The molecule has 0 atom stereocenters. The fourth-order valence-corrected chi connectivity index (χ4v) is 38.7. The van der Waals surface area contributed by atoms with Gasteiger partial charge < -0.3 is 0 Å². The summed E-state index contributed by atoms with van der Waals surface area (Å²) in [6.07, 6.45) is 0. The van der Waals surface area contributed by atoms with Gasteiger partial charge in [0.25, 0.3) is 0 Å². The first kappa shape index (κ1) is 12.1. The first-order valence-corrected chi connectivity index (χ1v) is 22.2. The zero-order chi connectivity index (χ0) is 9.12. The summed E-state index contributed by atoms with van der Waals surface area (Å²) < 4.78 is 0. The Balaban J connectivity index is 4.47. The maximum atomic E-state index is 2.68. The van der Waals surface area contributed by atoms with Crippen molar-refractivity contribution >= 4 is 22.6 Å². The van der Waals surface area contributed by atoms with Crippen LogP contribution in [0.25, 0.3) is 0 Å². The summed E-state index contributed by atoms with van der Waals surface area (Å²) in [5.74, 6) is 8.00. The van der Waals surface area contributed by atoms with Gasteiger partial charge in [0.2, 0.25) is 0 Å². The van der Waals surface area contributed by atoms with Crippen molar-refractivity contribution in [2.75, 3.05) is 0 Å². The molecular formula is C9H24Ge2. The van der Waals surface area contributed by atoms with Gasteiger partial charge in [-0.2, -0.15) is 0 Å². The predicted octanol–water partition coefficient (Wildman–Crippen LogP) is 3.91. The molecule has 0 aromatic carbocycles. The summed E-state index contributed by atoms with van der Waals surface area (Å²) in [6.45, 7) is 7.30. The van der Waals surface area contributed by atoms with E-state index in [0.717, 1.165) is 0 Å². The van der Waals surface area contributed by atoms with Crippen LogP contribution in [0.5, 0.6) is 0 Å². The molecule has 68 valence electrons. The van der Waals surface area contributed by atoms with Gasteiger partial charge >= 0.3 is 76.4 Å². The van der Waals surface area contributed by atoms with Gasteiger partial charge in [0, 0.05) is 0 Å². The van der Waals surface area contributed by atoms with Crippen molar-refractivity contribution in [3.8, 4) is 0 Å². The van der Waals surface area contributed by atoms with Crippen LogP contribution in [0, 0.1) is 0 Å². The third-order valence-electron chi connectivity index (χ3n) is 4.08. The normalized spacial score (nSPS) is 13.6. The van der Waals surface area contributed by atoms with Crippen molar-refractivity contribution in [2.45, 2.75) is 53.8 Å². The van der Waals surface area contributed by atoms with Gasteiger partial charge in [-0.15, -0.1) is 0 Å². The SMILES string of the molecule is C[CH2][Ge]([CH3])([CH3])[Ge]([CH3])([CH2]C)[CH2]C. The van der Waals surface area contributed by atoms with Gasteiger partial charge in [-0.05, 0) is 0 Å². The van der Waals surface area contributed by atoms with Crippen molar-refractivity contribution in [1.82, 2.24) is 0 Å². The van der Waals surface area contributed by atoms with Crippen LogP contribution >= 0.6 is 0 Å². The van der Waals surface area contributed by atoms with Crippen LogP contribution in [-0.4, -0.2) is 22.6 Å². The van der Waals surface area contributed by atoms with E-state index in [1.807, 2.05) is 0 Å². The van der Waals surface area contributed by atoms with Gasteiger partial charge in [-0.25, -0.2) is 0 Å². The van der Waals surface area contributed by atoms with E-state index in [9.17, 15) is 0 Å². The Labute approximate surface area is 76.3 Å². The fourth-order valence-electron chi connectivity index (χ4n) is 1.63. The second kappa shape index (κ2) is 4.36. The molecule has 0 aromatic heterocycles. The Morgan fingerprint density at radius 1 is 0.727 bits per heavy atom. The average molecular weight is 278 g/mol. The Morgan fingerprint density at radius 3 is 1.18 bits per heavy atom. The van der Waals surface area contributed by atoms with Gasteiger partial charge in [-0.3, -0.25) is 0 Å². The van der Waals surface area contributed by atoms with E-state index < -0.39 is 22.6 Å². The van der Waals surface area contributed by atoms with Crippen LogP contribution in [0.15, 0.2) is 0 Å². The van der Waals surface area contributed by atoms with Crippen LogP contribution in [-0.2, 0) is 0 Å². The molecule has 2 heteroatoms. The molecule has 0 fully saturated rings. The van der Waals surface area contributed by atoms with Crippen molar-refractivity contribution in [3.63, 3.8) is 0 Å². The van der Waals surface area contributed by atoms with Crippen molar-refractivity contribution in [3.05, 3.63) is 0 Å². The Morgan fingerprint density at radius 2 is 1.09 bits per heavy atom. The topological polar surface area (TPSA) is 0 Å². The van der Waals surface area contributed by atoms with Gasteiger partial charge in [-0.1, -0.05) is 0 Å². The van der Waals surface area contributed by atoms with E-state index in [-0.39, 0.29) is 0 Å². The summed E-state index contributed by atoms with van der Waals surface area (Å²) in [5, 5.41) is 4.69. The Kier molecular flexibility index (Phi) is 4.79. The van der Waals surface area contributed by atoms with Crippen molar-refractivity contribution in [1.29, 1.82) is 0 Å². The molecule has 0 aliphatic heterocycles. The minimum absolute atomic E-state index is 1.24. The van der Waals surface area contributed by atoms with Crippen LogP contribution in [0.2, 0.25) is 33.0 Å². The third kappa shape index (κ3) is 2.51. The molecule has 0 unspecified atom stereocenters. The Bertz CT molecular complexity index is 115. The fraction of sp³-hybridized carbons (Fsp3) is 1.00. The summed E-state index contributed by atoms with van der Waals surface area (Å²) in [7, 11) is 0. The molecular weight excluding hydrogens is 253 g/mol. The monoisotopic (exact) mass is 280 g/mol. The zero-order valence-corrected chi connectivity index (χ0v) is 13.3. The number of hydrogen-bond acceptors (Lipinski definition) is 0. The van der Waals surface area contributed by atoms with Crippen LogP contribution in [0.3, 0.4) is 0 Å². The first-order chi connectivity index (χ1) is 4.93. The van der Waals surface area contributed by atoms with Gasteiger partial charge in [0.1, 0.15) is 0 Å². The van der Waals surface area contributed by atoms with Crippen LogP contribution < -0.4 is 0 Å². The molecule has 0 N–H and O–H groups in total. The maximum absolute atomic E-state index is 2.68. The minimum atomic E-state index is -1.25. The molecule has 0 amide bonds. The van der Waals surface area contributed by atoms with E-state index in [2.05, 4.69) is 38.0 Å². The van der Waals surface area contributed by atoms with E-state index >= 15 is 0 Å². The van der Waals surface area contributed by atoms with Gasteiger partial charge in [0.15, 0.2) is 0 Å². The molecule has 0 radical (unpaired) electrons. The first-order valence-electron chi connectivity index (χ1n) is 4.93. The molecule has 0 aromatic rings.